The second-order valence-corrected chi connectivity index (χ2v) is 4.93. The monoisotopic (exact) mass is 292 g/mol. The summed E-state index contributed by atoms with van der Waals surface area (Å²) in [6.45, 7) is 2.58. The highest BCUT2D eigenvalue weighted by molar-refractivity contribution is 5.90. The van der Waals surface area contributed by atoms with Gasteiger partial charge < -0.3 is 11.1 Å². The zero-order valence-corrected chi connectivity index (χ0v) is 12.5. The van der Waals surface area contributed by atoms with E-state index in [0.29, 0.717) is 13.0 Å². The quantitative estimate of drug-likeness (QED) is 0.890. The molecule has 0 radical (unpaired) electrons. The predicted octanol–water partition coefficient (Wildman–Crippen LogP) is 2.66. The van der Waals surface area contributed by atoms with E-state index in [9.17, 15) is 4.79 Å². The first-order valence-electron chi connectivity index (χ1n) is 6.66. The molecule has 0 saturated carbocycles. The van der Waals surface area contributed by atoms with E-state index in [4.69, 9.17) is 5.73 Å². The van der Waals surface area contributed by atoms with Crippen LogP contribution < -0.4 is 11.1 Å². The number of carbonyl (C=O) groups is 1. The van der Waals surface area contributed by atoms with Gasteiger partial charge >= 0.3 is 0 Å². The summed E-state index contributed by atoms with van der Waals surface area (Å²) < 4.78 is 0. The Balaban J connectivity index is 0.00000200. The number of halogens is 1. The number of hydrogen-bond acceptors (Lipinski definition) is 2. The van der Waals surface area contributed by atoms with Crippen LogP contribution in [0.2, 0.25) is 0 Å². The second-order valence-electron chi connectivity index (χ2n) is 4.93. The first kappa shape index (κ1) is 16.5. The lowest BCUT2D eigenvalue weighted by Gasteiger charge is -2.09. The first-order chi connectivity index (χ1) is 9.16. The maximum absolute atomic E-state index is 11.9. The van der Waals surface area contributed by atoms with E-state index in [1.165, 1.54) is 5.39 Å². The molecule has 2 aromatic carbocycles. The minimum absolute atomic E-state index is 0. The van der Waals surface area contributed by atoms with E-state index >= 15 is 0 Å². The molecule has 0 spiro atoms. The Morgan fingerprint density at radius 2 is 1.90 bits per heavy atom. The number of amides is 1. The zero-order chi connectivity index (χ0) is 13.7. The minimum atomic E-state index is 0. The highest BCUT2D eigenvalue weighted by atomic mass is 35.5. The van der Waals surface area contributed by atoms with Crippen molar-refractivity contribution in [3.05, 3.63) is 48.0 Å². The van der Waals surface area contributed by atoms with Crippen LogP contribution in [-0.2, 0) is 11.2 Å². The summed E-state index contributed by atoms with van der Waals surface area (Å²) in [5.74, 6) is 0.0528. The minimum Gasteiger partial charge on any atom is -0.356 e. The van der Waals surface area contributed by atoms with Crippen molar-refractivity contribution in [2.45, 2.75) is 25.8 Å². The number of benzene rings is 2. The normalized spacial score (nSPS) is 11.7. The topological polar surface area (TPSA) is 55.1 Å². The summed E-state index contributed by atoms with van der Waals surface area (Å²) in [6, 6.07) is 14.3. The molecular formula is C16H21ClN2O. The molecule has 3 nitrogen and oxygen atoms in total. The van der Waals surface area contributed by atoms with Gasteiger partial charge in [-0.1, -0.05) is 42.5 Å². The molecule has 1 atom stereocenters. The molecule has 0 aliphatic rings. The predicted molar refractivity (Wildman–Crippen MR) is 86.2 cm³/mol. The van der Waals surface area contributed by atoms with Crippen LogP contribution in [0, 0.1) is 0 Å². The molecule has 0 bridgehead atoms. The van der Waals surface area contributed by atoms with Gasteiger partial charge in [0.2, 0.25) is 5.91 Å². The summed E-state index contributed by atoms with van der Waals surface area (Å²) >= 11 is 0. The van der Waals surface area contributed by atoms with Crippen LogP contribution in [-0.4, -0.2) is 18.5 Å². The highest BCUT2D eigenvalue weighted by Gasteiger charge is 2.06. The van der Waals surface area contributed by atoms with Crippen molar-refractivity contribution >= 4 is 29.1 Å². The summed E-state index contributed by atoms with van der Waals surface area (Å²) in [5.41, 5.74) is 6.72. The van der Waals surface area contributed by atoms with Gasteiger partial charge in [0.1, 0.15) is 0 Å². The van der Waals surface area contributed by atoms with E-state index in [0.717, 1.165) is 17.4 Å². The van der Waals surface area contributed by atoms with Crippen LogP contribution in [0.15, 0.2) is 42.5 Å². The van der Waals surface area contributed by atoms with Crippen molar-refractivity contribution in [3.63, 3.8) is 0 Å². The van der Waals surface area contributed by atoms with Gasteiger partial charge in [-0.25, -0.2) is 0 Å². The summed E-state index contributed by atoms with van der Waals surface area (Å²) in [6.07, 6.45) is 1.22. The maximum Gasteiger partial charge on any atom is 0.224 e. The smallest absolute Gasteiger partial charge is 0.224 e. The van der Waals surface area contributed by atoms with Crippen LogP contribution in [0.4, 0.5) is 0 Å². The maximum atomic E-state index is 11.9. The van der Waals surface area contributed by atoms with Crippen molar-refractivity contribution in [1.29, 1.82) is 0 Å². The van der Waals surface area contributed by atoms with Crippen LogP contribution in [0.25, 0.3) is 10.8 Å². The molecule has 0 fully saturated rings. The number of nitrogens with one attached hydrogen (secondary N) is 1. The molecule has 0 saturated heterocycles. The van der Waals surface area contributed by atoms with Crippen molar-refractivity contribution in [2.75, 3.05) is 6.54 Å². The van der Waals surface area contributed by atoms with E-state index in [-0.39, 0.29) is 24.4 Å². The fourth-order valence-electron chi connectivity index (χ4n) is 2.12. The lowest BCUT2D eigenvalue weighted by atomic mass is 10.0. The molecule has 0 aromatic heterocycles. The van der Waals surface area contributed by atoms with Gasteiger partial charge in [-0.15, -0.1) is 12.4 Å². The molecule has 1 amide bonds. The van der Waals surface area contributed by atoms with E-state index in [1.807, 2.05) is 31.2 Å². The van der Waals surface area contributed by atoms with Gasteiger partial charge in [0.05, 0.1) is 6.42 Å². The summed E-state index contributed by atoms with van der Waals surface area (Å²) in [7, 11) is 0. The molecule has 1 unspecified atom stereocenters. The molecule has 2 aromatic rings. The second kappa shape index (κ2) is 7.88. The Morgan fingerprint density at radius 1 is 1.20 bits per heavy atom. The molecule has 2 rings (SSSR count). The Hall–Kier alpha value is -1.58. The molecule has 4 heteroatoms. The van der Waals surface area contributed by atoms with Gasteiger partial charge in [-0.3, -0.25) is 4.79 Å². The van der Waals surface area contributed by atoms with Gasteiger partial charge in [0.25, 0.3) is 0 Å². The molecule has 20 heavy (non-hydrogen) atoms. The fourth-order valence-corrected chi connectivity index (χ4v) is 2.12. The zero-order valence-electron chi connectivity index (χ0n) is 11.6. The van der Waals surface area contributed by atoms with Gasteiger partial charge in [-0.2, -0.15) is 0 Å². The number of rotatable bonds is 5. The summed E-state index contributed by atoms with van der Waals surface area (Å²) in [5, 5.41) is 5.22. The lowest BCUT2D eigenvalue weighted by molar-refractivity contribution is -0.120. The molecule has 3 N–H and O–H groups in total. The lowest BCUT2D eigenvalue weighted by Crippen LogP contribution is -2.30. The Morgan fingerprint density at radius 3 is 2.65 bits per heavy atom. The standard InChI is InChI=1S/C16H20N2O.ClH/c1-12(17)9-10-18-16(19)11-14-7-4-6-13-5-2-3-8-15(13)14;/h2-8,12H,9-11,17H2,1H3,(H,18,19);1H. The van der Waals surface area contributed by atoms with Crippen LogP contribution in [0.5, 0.6) is 0 Å². The number of fused-ring (bicyclic) bond motifs is 1. The van der Waals surface area contributed by atoms with Crippen molar-refractivity contribution in [2.24, 2.45) is 5.73 Å². The molecule has 0 aliphatic heterocycles. The number of nitrogens with two attached hydrogens (primary N) is 1. The molecular weight excluding hydrogens is 272 g/mol. The van der Waals surface area contributed by atoms with Gasteiger partial charge in [-0.05, 0) is 29.7 Å². The van der Waals surface area contributed by atoms with Gasteiger partial charge in [0, 0.05) is 12.6 Å². The SMILES string of the molecule is CC(N)CCNC(=O)Cc1cccc2ccccc12.Cl. The van der Waals surface area contributed by atoms with Crippen LogP contribution >= 0.6 is 12.4 Å². The van der Waals surface area contributed by atoms with E-state index in [1.54, 1.807) is 0 Å². The summed E-state index contributed by atoms with van der Waals surface area (Å²) in [4.78, 5) is 11.9. The number of hydrogen-bond donors (Lipinski definition) is 2. The van der Waals surface area contributed by atoms with Crippen LogP contribution in [0.1, 0.15) is 18.9 Å². The number of carbonyl (C=O) groups excluding carboxylic acids is 1. The third kappa shape index (κ3) is 4.51. The van der Waals surface area contributed by atoms with Crippen molar-refractivity contribution in [3.8, 4) is 0 Å². The Kier molecular flexibility index (Phi) is 6.49. The van der Waals surface area contributed by atoms with Crippen molar-refractivity contribution < 1.29 is 4.79 Å². The molecule has 108 valence electrons. The van der Waals surface area contributed by atoms with Crippen LogP contribution in [0.3, 0.4) is 0 Å². The average Bonchev–Trinajstić information content (AvgIpc) is 2.39. The highest BCUT2D eigenvalue weighted by Crippen LogP contribution is 2.18. The molecule has 0 aliphatic carbocycles. The van der Waals surface area contributed by atoms with E-state index in [2.05, 4.69) is 23.5 Å². The Labute approximate surface area is 126 Å². The average molecular weight is 293 g/mol. The third-order valence-electron chi connectivity index (χ3n) is 3.15. The van der Waals surface area contributed by atoms with Gasteiger partial charge in [0.15, 0.2) is 0 Å². The first-order valence-corrected chi connectivity index (χ1v) is 6.66. The van der Waals surface area contributed by atoms with E-state index < -0.39 is 0 Å². The Bertz CT molecular complexity index is 564. The molecule has 0 heterocycles. The van der Waals surface area contributed by atoms with Crippen molar-refractivity contribution in [1.82, 2.24) is 5.32 Å². The third-order valence-corrected chi connectivity index (χ3v) is 3.15. The fraction of sp³-hybridized carbons (Fsp3) is 0.312. The largest absolute Gasteiger partial charge is 0.356 e.